The number of aliphatic hydroxyl groups is 1. The van der Waals surface area contributed by atoms with E-state index in [1.165, 1.54) is 12.1 Å². The average molecular weight is 557 g/mol. The molecule has 2 aromatic rings. The van der Waals surface area contributed by atoms with Crippen molar-refractivity contribution in [3.63, 3.8) is 0 Å². The summed E-state index contributed by atoms with van der Waals surface area (Å²) in [7, 11) is 1.00. The number of rotatable bonds is 9. The van der Waals surface area contributed by atoms with Crippen LogP contribution in [-0.4, -0.2) is 29.2 Å². The largest absolute Gasteiger partial charge is 0.487 e. The second-order valence-electron chi connectivity index (χ2n) is 7.66. The van der Waals surface area contributed by atoms with E-state index in [-0.39, 0.29) is 28.1 Å². The van der Waals surface area contributed by atoms with E-state index in [1.54, 1.807) is 29.7 Å². The van der Waals surface area contributed by atoms with Crippen molar-refractivity contribution in [2.45, 2.75) is 47.3 Å². The molecule has 0 unspecified atom stereocenters. The molecule has 6 nitrogen and oxygen atoms in total. The first-order valence-corrected chi connectivity index (χ1v) is 11.8. The third-order valence-electron chi connectivity index (χ3n) is 4.37. The Morgan fingerprint density at radius 2 is 1.94 bits per heavy atom. The molecule has 0 saturated heterocycles. The molecule has 2 rings (SSSR count). The molecule has 0 aliphatic rings. The van der Waals surface area contributed by atoms with Gasteiger partial charge in [-0.05, 0) is 60.3 Å². The zero-order chi connectivity index (χ0) is 27.0. The number of aliphatic hydroxyl groups excluding tert-OH is 1. The first-order chi connectivity index (χ1) is 16.6. The summed E-state index contributed by atoms with van der Waals surface area (Å²) < 4.78 is 33.9. The van der Waals surface area contributed by atoms with Crippen LogP contribution in [0, 0.1) is 24.5 Å². The van der Waals surface area contributed by atoms with E-state index in [2.05, 4.69) is 41.7 Å². The number of nitrogens with one attached hydrogen (secondary N) is 1. The van der Waals surface area contributed by atoms with Crippen LogP contribution in [0.4, 0.5) is 8.78 Å². The van der Waals surface area contributed by atoms with Crippen LogP contribution in [-0.2, 0) is 17.9 Å². The molecule has 2 N–H and O–H groups in total. The third kappa shape index (κ3) is 12.0. The van der Waals surface area contributed by atoms with Crippen molar-refractivity contribution in [1.29, 1.82) is 0 Å². The number of pyridine rings is 1. The molecule has 194 valence electrons. The van der Waals surface area contributed by atoms with Gasteiger partial charge in [-0.15, -0.1) is 6.58 Å². The van der Waals surface area contributed by atoms with Gasteiger partial charge in [-0.3, -0.25) is 9.59 Å². The molecule has 9 heteroatoms. The number of benzene rings is 1. The molecule has 0 saturated carbocycles. The maximum absolute atomic E-state index is 13.6. The van der Waals surface area contributed by atoms with E-state index < -0.39 is 11.6 Å². The van der Waals surface area contributed by atoms with Gasteiger partial charge in [0, 0.05) is 43.6 Å². The van der Waals surface area contributed by atoms with Crippen LogP contribution in [0.5, 0.6) is 5.75 Å². The van der Waals surface area contributed by atoms with E-state index in [1.807, 2.05) is 6.92 Å². The number of aromatic nitrogens is 1. The van der Waals surface area contributed by atoms with Gasteiger partial charge in [0.25, 0.3) is 5.56 Å². The predicted molar refractivity (Wildman–Crippen MR) is 139 cm³/mol. The average Bonchev–Trinajstić information content (AvgIpc) is 2.82. The van der Waals surface area contributed by atoms with Gasteiger partial charge in [0.2, 0.25) is 5.91 Å². The van der Waals surface area contributed by atoms with E-state index >= 15 is 0 Å². The van der Waals surface area contributed by atoms with Crippen LogP contribution in [0.15, 0.2) is 58.3 Å². The molecule has 0 fully saturated rings. The van der Waals surface area contributed by atoms with Crippen LogP contribution in [0.1, 0.15) is 38.4 Å². The minimum absolute atomic E-state index is 0.00352. The summed E-state index contributed by atoms with van der Waals surface area (Å²) in [5.41, 5.74) is 0.725. The van der Waals surface area contributed by atoms with Crippen molar-refractivity contribution < 1.29 is 23.4 Å². The van der Waals surface area contributed by atoms with E-state index in [4.69, 9.17) is 9.84 Å². The zero-order valence-corrected chi connectivity index (χ0v) is 22.5. The maximum atomic E-state index is 13.6. The summed E-state index contributed by atoms with van der Waals surface area (Å²) >= 11 is 3.22. The van der Waals surface area contributed by atoms with Crippen molar-refractivity contribution in [3.8, 4) is 5.75 Å². The Hall–Kier alpha value is -2.78. The fraction of sp³-hybridized carbons (Fsp3) is 0.385. The maximum Gasteiger partial charge on any atom is 0.268 e. The van der Waals surface area contributed by atoms with E-state index in [0.717, 1.165) is 31.5 Å². The second-order valence-corrected chi connectivity index (χ2v) is 8.45. The van der Waals surface area contributed by atoms with Crippen molar-refractivity contribution in [3.05, 3.63) is 86.8 Å². The molecular weight excluding hydrogens is 522 g/mol. The number of hydrogen-bond acceptors (Lipinski definition) is 4. The highest BCUT2D eigenvalue weighted by atomic mass is 79.9. The van der Waals surface area contributed by atoms with Crippen LogP contribution in [0.2, 0.25) is 0 Å². The first-order valence-electron chi connectivity index (χ1n) is 11.0. The van der Waals surface area contributed by atoms with Gasteiger partial charge >= 0.3 is 0 Å². The lowest BCUT2D eigenvalue weighted by Crippen LogP contribution is -2.25. The lowest BCUT2D eigenvalue weighted by Gasteiger charge is -2.14. The standard InChI is InChI=1S/C17H16BrF2NO2.C8H15NO.CH4O/c1-3-4-7-21-11(2)8-15(16(18)17(21)22)23-10-12-5-6-13(19)9-14(12)20;1-4-5-8(10)9-6-7(2)3;1-2/h3,5-6,8-9H,1,4,7,10H2,2H3;4-5,7H,6H2,1-3H3,(H,9,10);2H,1H3/b;5-4+;. The summed E-state index contributed by atoms with van der Waals surface area (Å²) in [5.74, 6) is -0.484. The number of ether oxygens (including phenoxy) is 1. The van der Waals surface area contributed by atoms with Gasteiger partial charge < -0.3 is 19.7 Å². The fourth-order valence-electron chi connectivity index (χ4n) is 2.63. The van der Waals surface area contributed by atoms with Crippen molar-refractivity contribution in [2.75, 3.05) is 13.7 Å². The second kappa shape index (κ2) is 17.6. The van der Waals surface area contributed by atoms with Gasteiger partial charge in [0.05, 0.1) is 0 Å². The Morgan fingerprint density at radius 3 is 2.49 bits per heavy atom. The quantitative estimate of drug-likeness (QED) is 0.324. The van der Waals surface area contributed by atoms with Gasteiger partial charge in [0.1, 0.15) is 28.5 Å². The number of carbonyl (C=O) groups is 1. The molecule has 1 heterocycles. The van der Waals surface area contributed by atoms with E-state index in [9.17, 15) is 18.4 Å². The summed E-state index contributed by atoms with van der Waals surface area (Å²) in [6, 6.07) is 4.98. The molecule has 0 aliphatic heterocycles. The molecule has 0 atom stereocenters. The monoisotopic (exact) mass is 556 g/mol. The number of amides is 1. The lowest BCUT2D eigenvalue weighted by molar-refractivity contribution is -0.116. The van der Waals surface area contributed by atoms with Crippen molar-refractivity contribution in [1.82, 2.24) is 9.88 Å². The highest BCUT2D eigenvalue weighted by Gasteiger charge is 2.13. The molecule has 0 aliphatic carbocycles. The van der Waals surface area contributed by atoms with Gasteiger partial charge in [-0.2, -0.15) is 0 Å². The fourth-order valence-corrected chi connectivity index (χ4v) is 3.07. The molecule has 1 aromatic heterocycles. The number of nitrogens with zero attached hydrogens (tertiary/aromatic N) is 1. The van der Waals surface area contributed by atoms with Gasteiger partial charge in [-0.1, -0.05) is 26.0 Å². The Morgan fingerprint density at radius 1 is 1.29 bits per heavy atom. The minimum atomic E-state index is -0.683. The third-order valence-corrected chi connectivity index (χ3v) is 5.10. The highest BCUT2D eigenvalue weighted by Crippen LogP contribution is 2.24. The van der Waals surface area contributed by atoms with Crippen LogP contribution in [0.25, 0.3) is 0 Å². The number of allylic oxidation sites excluding steroid dienone is 2. The predicted octanol–water partition coefficient (Wildman–Crippen LogP) is 5.30. The molecule has 1 aromatic carbocycles. The topological polar surface area (TPSA) is 80.6 Å². The van der Waals surface area contributed by atoms with Crippen molar-refractivity contribution in [2.24, 2.45) is 5.92 Å². The van der Waals surface area contributed by atoms with Gasteiger partial charge in [0.15, 0.2) is 0 Å². The minimum Gasteiger partial charge on any atom is -0.487 e. The summed E-state index contributed by atoms with van der Waals surface area (Å²) in [6.45, 7) is 12.6. The molecule has 1 amide bonds. The van der Waals surface area contributed by atoms with Crippen LogP contribution < -0.4 is 15.6 Å². The number of carbonyl (C=O) groups excluding carboxylic acids is 1. The summed E-state index contributed by atoms with van der Waals surface area (Å²) in [5, 5.41) is 9.76. The normalized spacial score (nSPS) is 10.2. The van der Waals surface area contributed by atoms with Gasteiger partial charge in [-0.25, -0.2) is 8.78 Å². The molecule has 0 bridgehead atoms. The van der Waals surface area contributed by atoms with E-state index in [0.29, 0.717) is 24.6 Å². The Labute approximate surface area is 214 Å². The number of hydrogen-bond donors (Lipinski definition) is 2. The molecular formula is C26H35BrF2N2O4. The number of aryl methyl sites for hydroxylation is 1. The Balaban J connectivity index is 0.000000813. The lowest BCUT2D eigenvalue weighted by atomic mass is 10.2. The molecule has 35 heavy (non-hydrogen) atoms. The smallest absolute Gasteiger partial charge is 0.268 e. The molecule has 0 radical (unpaired) electrons. The SMILES string of the molecule is C/C=C/C(=O)NCC(C)C.C=CCCn1c(C)cc(OCc2ccc(F)cc2F)c(Br)c1=O.CO. The zero-order valence-electron chi connectivity index (χ0n) is 20.9. The highest BCUT2D eigenvalue weighted by molar-refractivity contribution is 9.10. The summed E-state index contributed by atoms with van der Waals surface area (Å²) in [6.07, 6.45) is 5.67. The first kappa shape index (κ1) is 32.2. The van der Waals surface area contributed by atoms with Crippen LogP contribution >= 0.6 is 15.9 Å². The van der Waals surface area contributed by atoms with Crippen LogP contribution in [0.3, 0.4) is 0 Å². The Bertz CT molecular complexity index is 1040. The summed E-state index contributed by atoms with van der Waals surface area (Å²) in [4.78, 5) is 23.1. The molecule has 0 spiro atoms. The number of halogens is 3. The van der Waals surface area contributed by atoms with Crippen molar-refractivity contribution >= 4 is 21.8 Å². The Kier molecular flexibility index (Phi) is 16.2.